The molecule has 0 aliphatic carbocycles. The largest absolute Gasteiger partial charge is 0.343 e. The fourth-order valence-corrected chi connectivity index (χ4v) is 5.40. The van der Waals surface area contributed by atoms with E-state index in [1.54, 1.807) is 12.1 Å². The molecule has 2 atom stereocenters. The van der Waals surface area contributed by atoms with Gasteiger partial charge in [-0.05, 0) is 74.2 Å². The van der Waals surface area contributed by atoms with Crippen LogP contribution in [0.4, 0.5) is 5.69 Å². The predicted molar refractivity (Wildman–Crippen MR) is 169 cm³/mol. The van der Waals surface area contributed by atoms with E-state index in [0.717, 1.165) is 11.1 Å². The third kappa shape index (κ3) is 8.74. The minimum Gasteiger partial charge on any atom is -0.343 e. The summed E-state index contributed by atoms with van der Waals surface area (Å²) in [5, 5.41) is 9.99. The molecular formula is C34H41ClN4O3. The number of carbonyl (C=O) groups excluding carboxylic acids is 3. The number of halogens is 1. The second-order valence-electron chi connectivity index (χ2n) is 11.3. The number of benzene rings is 3. The number of carbonyl (C=O) groups is 3. The number of nitrogens with zero attached hydrogens (tertiary/aromatic N) is 1. The van der Waals surface area contributed by atoms with Crippen LogP contribution in [0.25, 0.3) is 0 Å². The van der Waals surface area contributed by atoms with Gasteiger partial charge in [0.2, 0.25) is 11.8 Å². The molecule has 222 valence electrons. The normalized spacial score (nSPS) is 15.6. The van der Waals surface area contributed by atoms with Gasteiger partial charge in [-0.3, -0.25) is 19.3 Å². The lowest BCUT2D eigenvalue weighted by atomic mass is 9.92. The van der Waals surface area contributed by atoms with E-state index in [4.69, 9.17) is 11.6 Å². The first-order chi connectivity index (χ1) is 20.2. The quantitative estimate of drug-likeness (QED) is 0.228. The van der Waals surface area contributed by atoms with Crippen LogP contribution in [0.2, 0.25) is 5.02 Å². The van der Waals surface area contributed by atoms with E-state index in [1.807, 2.05) is 69.3 Å². The maximum atomic E-state index is 13.9. The van der Waals surface area contributed by atoms with Gasteiger partial charge in [0, 0.05) is 35.3 Å². The van der Waals surface area contributed by atoms with E-state index in [9.17, 15) is 14.4 Å². The summed E-state index contributed by atoms with van der Waals surface area (Å²) in [5.41, 5.74) is 4.52. The summed E-state index contributed by atoms with van der Waals surface area (Å²) in [4.78, 5) is 42.1. The van der Waals surface area contributed by atoms with Gasteiger partial charge in [-0.2, -0.15) is 0 Å². The maximum Gasteiger partial charge on any atom is 0.246 e. The molecule has 7 nitrogen and oxygen atoms in total. The monoisotopic (exact) mass is 588 g/mol. The topological polar surface area (TPSA) is 90.5 Å². The zero-order valence-electron chi connectivity index (χ0n) is 24.7. The summed E-state index contributed by atoms with van der Waals surface area (Å²) in [7, 11) is 0. The molecule has 8 heteroatoms. The van der Waals surface area contributed by atoms with E-state index in [2.05, 4.69) is 33.0 Å². The molecule has 42 heavy (non-hydrogen) atoms. The van der Waals surface area contributed by atoms with Crippen LogP contribution in [0, 0.1) is 6.92 Å². The molecule has 0 spiro atoms. The van der Waals surface area contributed by atoms with Crippen molar-refractivity contribution >= 4 is 34.9 Å². The molecule has 4 rings (SSSR count). The average molecular weight is 589 g/mol. The Morgan fingerprint density at radius 3 is 2.40 bits per heavy atom. The van der Waals surface area contributed by atoms with Gasteiger partial charge in [0.25, 0.3) is 0 Å². The molecule has 3 N–H and O–H groups in total. The summed E-state index contributed by atoms with van der Waals surface area (Å²) < 4.78 is 0. The minimum atomic E-state index is -0.724. The molecule has 1 aliphatic rings. The van der Waals surface area contributed by atoms with Gasteiger partial charge < -0.3 is 16.0 Å². The molecule has 3 aromatic rings. The number of fused-ring (bicyclic) bond motifs is 1. The first-order valence-electron chi connectivity index (χ1n) is 14.7. The van der Waals surface area contributed by atoms with Crippen LogP contribution < -0.4 is 16.0 Å². The summed E-state index contributed by atoms with van der Waals surface area (Å²) in [6.45, 7) is 7.76. The van der Waals surface area contributed by atoms with Crippen molar-refractivity contribution < 1.29 is 14.4 Å². The number of hydrogen-bond acceptors (Lipinski definition) is 5. The number of amides is 2. The van der Waals surface area contributed by atoms with Gasteiger partial charge in [0.1, 0.15) is 6.04 Å². The molecular weight excluding hydrogens is 548 g/mol. The third-order valence-electron chi connectivity index (χ3n) is 7.64. The molecule has 0 unspecified atom stereocenters. The zero-order valence-corrected chi connectivity index (χ0v) is 25.4. The molecule has 3 aromatic carbocycles. The van der Waals surface area contributed by atoms with Crippen LogP contribution in [0.1, 0.15) is 60.2 Å². The van der Waals surface area contributed by atoms with Crippen LogP contribution in [0.3, 0.4) is 0 Å². The van der Waals surface area contributed by atoms with Gasteiger partial charge in [0.05, 0.1) is 6.04 Å². The van der Waals surface area contributed by atoms with Crippen molar-refractivity contribution in [2.45, 2.75) is 71.1 Å². The third-order valence-corrected chi connectivity index (χ3v) is 8.06. The molecule has 0 saturated carbocycles. The molecule has 0 saturated heterocycles. The Bertz CT molecular complexity index is 1380. The average Bonchev–Trinajstić information content (AvgIpc) is 2.98. The number of ketones is 1. The molecule has 0 aromatic heterocycles. The van der Waals surface area contributed by atoms with Gasteiger partial charge in [-0.25, -0.2) is 0 Å². The van der Waals surface area contributed by atoms with E-state index < -0.39 is 12.1 Å². The highest BCUT2D eigenvalue weighted by atomic mass is 35.5. The highest BCUT2D eigenvalue weighted by Gasteiger charge is 2.33. The van der Waals surface area contributed by atoms with Crippen molar-refractivity contribution in [1.82, 2.24) is 15.5 Å². The highest BCUT2D eigenvalue weighted by Crippen LogP contribution is 2.25. The highest BCUT2D eigenvalue weighted by molar-refractivity contribution is 6.31. The van der Waals surface area contributed by atoms with Crippen LogP contribution in [-0.2, 0) is 22.6 Å². The van der Waals surface area contributed by atoms with Crippen LogP contribution in [-0.4, -0.2) is 53.7 Å². The second-order valence-corrected chi connectivity index (χ2v) is 11.7. The van der Waals surface area contributed by atoms with Crippen molar-refractivity contribution in [2.24, 2.45) is 0 Å². The minimum absolute atomic E-state index is 0.0980. The van der Waals surface area contributed by atoms with Crippen molar-refractivity contribution in [3.05, 3.63) is 100 Å². The Morgan fingerprint density at radius 1 is 0.976 bits per heavy atom. The number of aryl methyl sites for hydroxylation is 1. The summed E-state index contributed by atoms with van der Waals surface area (Å²) in [6.07, 6.45) is 2.03. The fraction of sp³-hybridized carbons (Fsp3) is 0.382. The predicted octanol–water partition coefficient (Wildman–Crippen LogP) is 5.55. The molecule has 0 radical (unpaired) electrons. The van der Waals surface area contributed by atoms with Crippen molar-refractivity contribution in [2.75, 3.05) is 18.4 Å². The Balaban J connectivity index is 1.47. The van der Waals surface area contributed by atoms with Crippen molar-refractivity contribution in [3.8, 4) is 0 Å². The van der Waals surface area contributed by atoms with Gasteiger partial charge >= 0.3 is 0 Å². The second kappa shape index (κ2) is 15.1. The van der Waals surface area contributed by atoms with Gasteiger partial charge in [0.15, 0.2) is 5.78 Å². The van der Waals surface area contributed by atoms with E-state index in [0.29, 0.717) is 61.6 Å². The summed E-state index contributed by atoms with van der Waals surface area (Å²) in [5.74, 6) is -0.358. The SMILES string of the molecule is Cc1cc(NC(=O)[C@H](CCNC(C)C)NC(=O)[C@@H]2Cc3ccccc3CN2CCCC(=O)c2ccccc2)ccc1Cl. The van der Waals surface area contributed by atoms with Crippen LogP contribution >= 0.6 is 11.6 Å². The number of rotatable bonds is 13. The zero-order chi connectivity index (χ0) is 30.1. The molecule has 1 aliphatic heterocycles. The van der Waals surface area contributed by atoms with Crippen LogP contribution in [0.15, 0.2) is 72.8 Å². The number of hydrogen-bond donors (Lipinski definition) is 3. The summed E-state index contributed by atoms with van der Waals surface area (Å²) >= 11 is 6.17. The molecule has 0 bridgehead atoms. The van der Waals surface area contributed by atoms with Gasteiger partial charge in [-0.1, -0.05) is 80.0 Å². The number of nitrogens with one attached hydrogen (secondary N) is 3. The number of Topliss-reactive ketones (excluding diaryl/α,β-unsaturated/α-hetero) is 1. The van der Waals surface area contributed by atoms with E-state index >= 15 is 0 Å². The summed E-state index contributed by atoms with van der Waals surface area (Å²) in [6, 6.07) is 21.9. The van der Waals surface area contributed by atoms with E-state index in [1.165, 1.54) is 5.56 Å². The first kappa shape index (κ1) is 31.4. The van der Waals surface area contributed by atoms with Gasteiger partial charge in [-0.15, -0.1) is 0 Å². The molecule has 1 heterocycles. The van der Waals surface area contributed by atoms with Crippen LogP contribution in [0.5, 0.6) is 0 Å². The first-order valence-corrected chi connectivity index (χ1v) is 15.1. The Kier molecular flexibility index (Phi) is 11.3. The number of anilines is 1. The smallest absolute Gasteiger partial charge is 0.246 e. The van der Waals surface area contributed by atoms with E-state index in [-0.39, 0.29) is 23.6 Å². The molecule has 2 amide bonds. The lowest BCUT2D eigenvalue weighted by Crippen LogP contribution is -2.55. The Hall–Kier alpha value is -3.52. The fourth-order valence-electron chi connectivity index (χ4n) is 5.29. The lowest BCUT2D eigenvalue weighted by molar-refractivity contribution is -0.131. The van der Waals surface area contributed by atoms with Crippen molar-refractivity contribution in [3.63, 3.8) is 0 Å². The Labute approximate surface area is 254 Å². The molecule has 0 fully saturated rings. The standard InChI is InChI=1S/C34H41ClN4O3/c1-23(2)36-18-17-30(33(41)37-28-15-16-29(35)24(3)20-28)38-34(42)31-21-26-12-7-8-13-27(26)22-39(31)19-9-14-32(40)25-10-5-4-6-11-25/h4-8,10-13,15-16,20,23,30-31,36H,9,14,17-19,21-22H2,1-3H3,(H,37,41)(H,38,42)/t30-,31-/m0/s1. The Morgan fingerprint density at radius 2 is 1.69 bits per heavy atom. The van der Waals surface area contributed by atoms with Crippen molar-refractivity contribution in [1.29, 1.82) is 0 Å². The lowest BCUT2D eigenvalue weighted by Gasteiger charge is -2.36. The maximum absolute atomic E-state index is 13.9.